The van der Waals surface area contributed by atoms with E-state index in [2.05, 4.69) is 12.2 Å². The second kappa shape index (κ2) is 7.76. The van der Waals surface area contributed by atoms with Gasteiger partial charge in [0.1, 0.15) is 0 Å². The van der Waals surface area contributed by atoms with Crippen LogP contribution >= 0.6 is 11.8 Å². The summed E-state index contributed by atoms with van der Waals surface area (Å²) in [6, 6.07) is 7.98. The molecule has 0 atom stereocenters. The van der Waals surface area contributed by atoms with Crippen LogP contribution in [-0.2, 0) is 16.1 Å². The van der Waals surface area contributed by atoms with Gasteiger partial charge in [0.2, 0.25) is 5.91 Å². The van der Waals surface area contributed by atoms with Crippen LogP contribution in [0.2, 0.25) is 0 Å². The lowest BCUT2D eigenvalue weighted by Gasteiger charge is -2.05. The van der Waals surface area contributed by atoms with Crippen molar-refractivity contribution in [2.75, 3.05) is 5.75 Å². The van der Waals surface area contributed by atoms with Gasteiger partial charge in [0, 0.05) is 17.9 Å². The first-order chi connectivity index (χ1) is 8.61. The molecule has 0 aromatic heterocycles. The lowest BCUT2D eigenvalue weighted by Crippen LogP contribution is -2.23. The van der Waals surface area contributed by atoms with Crippen molar-refractivity contribution < 1.29 is 14.7 Å². The van der Waals surface area contributed by atoms with Crippen molar-refractivity contribution in [3.05, 3.63) is 29.8 Å². The number of aliphatic carboxylic acids is 1. The average molecular weight is 267 g/mol. The van der Waals surface area contributed by atoms with Crippen molar-refractivity contribution in [2.24, 2.45) is 0 Å². The normalized spacial score (nSPS) is 10.1. The van der Waals surface area contributed by atoms with Crippen molar-refractivity contribution in [2.45, 2.75) is 31.2 Å². The van der Waals surface area contributed by atoms with Crippen molar-refractivity contribution in [1.82, 2.24) is 5.32 Å². The Kier molecular flexibility index (Phi) is 6.28. The third kappa shape index (κ3) is 5.72. The number of amides is 1. The summed E-state index contributed by atoms with van der Waals surface area (Å²) in [7, 11) is 0. The zero-order chi connectivity index (χ0) is 13.4. The van der Waals surface area contributed by atoms with Gasteiger partial charge in [0.15, 0.2) is 0 Å². The number of carbonyl (C=O) groups excluding carboxylic acids is 1. The van der Waals surface area contributed by atoms with Crippen LogP contribution in [0.4, 0.5) is 0 Å². The summed E-state index contributed by atoms with van der Waals surface area (Å²) in [6.07, 6.45) is -0.100. The van der Waals surface area contributed by atoms with Crippen LogP contribution in [0.15, 0.2) is 29.2 Å². The minimum Gasteiger partial charge on any atom is -0.481 e. The van der Waals surface area contributed by atoms with Crippen LogP contribution in [0.3, 0.4) is 0 Å². The van der Waals surface area contributed by atoms with Gasteiger partial charge in [-0.15, -0.1) is 11.8 Å². The summed E-state index contributed by atoms with van der Waals surface area (Å²) in [5.74, 6) is -0.152. The molecule has 1 aromatic carbocycles. The number of hydrogen-bond donors (Lipinski definition) is 2. The van der Waals surface area contributed by atoms with E-state index in [1.807, 2.05) is 24.3 Å². The molecule has 0 aliphatic carbocycles. The highest BCUT2D eigenvalue weighted by Crippen LogP contribution is 2.17. The van der Waals surface area contributed by atoms with Gasteiger partial charge in [-0.3, -0.25) is 9.59 Å². The smallest absolute Gasteiger partial charge is 0.303 e. The maximum absolute atomic E-state index is 11.3. The molecule has 1 amide bonds. The number of thioether (sulfide) groups is 1. The summed E-state index contributed by atoms with van der Waals surface area (Å²) in [5, 5.41) is 11.1. The minimum absolute atomic E-state index is 0.0269. The van der Waals surface area contributed by atoms with E-state index in [1.54, 1.807) is 11.8 Å². The lowest BCUT2D eigenvalue weighted by atomic mass is 10.2. The van der Waals surface area contributed by atoms with Crippen LogP contribution in [-0.4, -0.2) is 22.7 Å². The van der Waals surface area contributed by atoms with Gasteiger partial charge in [-0.1, -0.05) is 19.1 Å². The van der Waals surface area contributed by atoms with Gasteiger partial charge in [-0.25, -0.2) is 0 Å². The highest BCUT2D eigenvalue weighted by molar-refractivity contribution is 7.99. The number of benzene rings is 1. The highest BCUT2D eigenvalue weighted by atomic mass is 32.2. The first-order valence-corrected chi connectivity index (χ1v) is 6.80. The molecule has 0 aliphatic rings. The predicted octanol–water partition coefficient (Wildman–Crippen LogP) is 2.28. The molecule has 2 N–H and O–H groups in total. The van der Waals surface area contributed by atoms with E-state index < -0.39 is 5.97 Å². The van der Waals surface area contributed by atoms with Gasteiger partial charge in [0.05, 0.1) is 6.42 Å². The fraction of sp³-hybridized carbons (Fsp3) is 0.385. The van der Waals surface area contributed by atoms with Crippen LogP contribution < -0.4 is 5.32 Å². The fourth-order valence-electron chi connectivity index (χ4n) is 1.38. The molecule has 0 saturated carbocycles. The van der Waals surface area contributed by atoms with Gasteiger partial charge < -0.3 is 10.4 Å². The van der Waals surface area contributed by atoms with Crippen LogP contribution in [0.5, 0.6) is 0 Å². The summed E-state index contributed by atoms with van der Waals surface area (Å²) >= 11 is 1.77. The van der Waals surface area contributed by atoms with Gasteiger partial charge in [-0.05, 0) is 23.4 Å². The molecule has 0 bridgehead atoms. The zero-order valence-electron chi connectivity index (χ0n) is 10.3. The standard InChI is InChI=1S/C13H17NO3S/c1-2-18-11-5-3-10(4-6-11)9-14-12(15)7-8-13(16)17/h3-6H,2,7-9H2,1H3,(H,14,15)(H,16,17). The molecule has 0 spiro atoms. The van der Waals surface area contributed by atoms with Crippen LogP contribution in [0, 0.1) is 0 Å². The summed E-state index contributed by atoms with van der Waals surface area (Å²) in [5.41, 5.74) is 1.01. The van der Waals surface area contributed by atoms with E-state index in [1.165, 1.54) is 4.90 Å². The molecule has 0 aliphatic heterocycles. The van der Waals surface area contributed by atoms with Gasteiger partial charge in [-0.2, -0.15) is 0 Å². The monoisotopic (exact) mass is 267 g/mol. The van der Waals surface area contributed by atoms with Crippen LogP contribution in [0.1, 0.15) is 25.3 Å². The quantitative estimate of drug-likeness (QED) is 0.744. The third-order valence-electron chi connectivity index (χ3n) is 2.29. The maximum atomic E-state index is 11.3. The summed E-state index contributed by atoms with van der Waals surface area (Å²) in [4.78, 5) is 22.8. The van der Waals surface area contributed by atoms with Crippen molar-refractivity contribution >= 4 is 23.6 Å². The fourth-order valence-corrected chi connectivity index (χ4v) is 2.04. The summed E-state index contributed by atoms with van der Waals surface area (Å²) in [6.45, 7) is 2.54. The topological polar surface area (TPSA) is 66.4 Å². The molecular weight excluding hydrogens is 250 g/mol. The van der Waals surface area contributed by atoms with E-state index in [9.17, 15) is 9.59 Å². The zero-order valence-corrected chi connectivity index (χ0v) is 11.1. The lowest BCUT2D eigenvalue weighted by molar-refractivity contribution is -0.138. The van der Waals surface area contributed by atoms with E-state index in [0.29, 0.717) is 6.54 Å². The number of carbonyl (C=O) groups is 2. The molecular formula is C13H17NO3S. The van der Waals surface area contributed by atoms with Crippen molar-refractivity contribution in [3.8, 4) is 0 Å². The number of carboxylic acids is 1. The average Bonchev–Trinajstić information content (AvgIpc) is 2.36. The van der Waals surface area contributed by atoms with E-state index in [-0.39, 0.29) is 18.7 Å². The Morgan fingerprint density at radius 2 is 1.89 bits per heavy atom. The third-order valence-corrected chi connectivity index (χ3v) is 3.18. The summed E-state index contributed by atoms with van der Waals surface area (Å²) < 4.78 is 0. The second-order valence-corrected chi connectivity index (χ2v) is 5.08. The SMILES string of the molecule is CCSc1ccc(CNC(=O)CCC(=O)O)cc1. The molecule has 0 unspecified atom stereocenters. The van der Waals surface area contributed by atoms with Crippen molar-refractivity contribution in [1.29, 1.82) is 0 Å². The maximum Gasteiger partial charge on any atom is 0.303 e. The van der Waals surface area contributed by atoms with E-state index >= 15 is 0 Å². The first-order valence-electron chi connectivity index (χ1n) is 5.82. The Balaban J connectivity index is 2.34. The number of nitrogens with one attached hydrogen (secondary N) is 1. The largest absolute Gasteiger partial charge is 0.481 e. The molecule has 18 heavy (non-hydrogen) atoms. The Bertz CT molecular complexity index is 403. The molecule has 0 fully saturated rings. The Morgan fingerprint density at radius 3 is 2.44 bits per heavy atom. The second-order valence-electron chi connectivity index (χ2n) is 3.75. The predicted molar refractivity (Wildman–Crippen MR) is 71.6 cm³/mol. The number of carboxylic acid groups (broad SMARTS) is 1. The first kappa shape index (κ1) is 14.6. The van der Waals surface area contributed by atoms with Crippen LogP contribution in [0.25, 0.3) is 0 Å². The molecule has 1 aromatic rings. The van der Waals surface area contributed by atoms with E-state index in [4.69, 9.17) is 5.11 Å². The molecule has 98 valence electrons. The Labute approximate surface area is 111 Å². The molecule has 1 rings (SSSR count). The molecule has 0 saturated heterocycles. The van der Waals surface area contributed by atoms with Gasteiger partial charge >= 0.3 is 5.97 Å². The molecule has 4 nitrogen and oxygen atoms in total. The molecule has 0 radical (unpaired) electrons. The number of rotatable bonds is 7. The van der Waals surface area contributed by atoms with Gasteiger partial charge in [0.25, 0.3) is 0 Å². The van der Waals surface area contributed by atoms with E-state index in [0.717, 1.165) is 11.3 Å². The highest BCUT2D eigenvalue weighted by Gasteiger charge is 2.04. The molecule has 0 heterocycles. The molecule has 5 heteroatoms. The Morgan fingerprint density at radius 1 is 1.22 bits per heavy atom. The minimum atomic E-state index is -0.953. The number of hydrogen-bond acceptors (Lipinski definition) is 3. The Hall–Kier alpha value is -1.49. The van der Waals surface area contributed by atoms with Crippen molar-refractivity contribution in [3.63, 3.8) is 0 Å².